The molecule has 2 atom stereocenters. The number of ether oxygens (including phenoxy) is 1. The van der Waals surface area contributed by atoms with Crippen LogP contribution in [-0.4, -0.2) is 23.1 Å². The maximum atomic E-state index is 5.70. The van der Waals surface area contributed by atoms with Crippen molar-refractivity contribution in [2.45, 2.75) is 19.1 Å². The Bertz CT molecular complexity index is 225. The Kier molecular flexibility index (Phi) is 3.13. The van der Waals surface area contributed by atoms with Crippen LogP contribution in [0.3, 0.4) is 0 Å². The van der Waals surface area contributed by atoms with Crippen LogP contribution in [0.25, 0.3) is 0 Å². The molecule has 0 bridgehead atoms. The lowest BCUT2D eigenvalue weighted by Crippen LogP contribution is -2.26. The van der Waals surface area contributed by atoms with Crippen LogP contribution in [-0.2, 0) is 4.74 Å². The van der Waals surface area contributed by atoms with E-state index in [1.807, 2.05) is 6.92 Å². The van der Waals surface area contributed by atoms with E-state index in [2.05, 4.69) is 9.97 Å². The fourth-order valence-corrected chi connectivity index (χ4v) is 1.11. The second kappa shape index (κ2) is 4.13. The summed E-state index contributed by atoms with van der Waals surface area (Å²) in [5, 5.41) is 0. The molecule has 2 N–H and O–H groups in total. The first kappa shape index (κ1) is 9.09. The minimum absolute atomic E-state index is 0.0546. The predicted octanol–water partition coefficient (Wildman–Crippen LogP) is 0.511. The third-order valence-electron chi connectivity index (χ3n) is 1.64. The zero-order valence-electron chi connectivity index (χ0n) is 7.27. The smallest absolute Gasteiger partial charge is 0.115 e. The first-order valence-corrected chi connectivity index (χ1v) is 3.79. The van der Waals surface area contributed by atoms with Gasteiger partial charge in [0.05, 0.1) is 6.10 Å². The van der Waals surface area contributed by atoms with E-state index in [9.17, 15) is 0 Å². The molecule has 0 saturated carbocycles. The van der Waals surface area contributed by atoms with Gasteiger partial charge in [0.1, 0.15) is 6.33 Å². The Morgan fingerprint density at radius 3 is 2.42 bits per heavy atom. The molecule has 1 rings (SSSR count). The van der Waals surface area contributed by atoms with Crippen molar-refractivity contribution in [3.63, 3.8) is 0 Å². The molecule has 0 aromatic carbocycles. The number of rotatable bonds is 3. The molecule has 0 aliphatic heterocycles. The van der Waals surface area contributed by atoms with Crippen LogP contribution in [0.5, 0.6) is 0 Å². The monoisotopic (exact) mass is 167 g/mol. The molecule has 1 aromatic heterocycles. The average Bonchev–Trinajstić information content (AvgIpc) is 2.07. The standard InChI is InChI=1S/C8H13N3O/c1-6(9)8(12-2)7-3-10-5-11-4-7/h3-6,8H,9H2,1-2H3. The summed E-state index contributed by atoms with van der Waals surface area (Å²) in [6.45, 7) is 1.89. The van der Waals surface area contributed by atoms with Gasteiger partial charge in [-0.3, -0.25) is 0 Å². The van der Waals surface area contributed by atoms with Crippen molar-refractivity contribution in [3.8, 4) is 0 Å². The highest BCUT2D eigenvalue weighted by atomic mass is 16.5. The quantitative estimate of drug-likeness (QED) is 0.712. The van der Waals surface area contributed by atoms with Crippen LogP contribution in [0.1, 0.15) is 18.6 Å². The second-order valence-corrected chi connectivity index (χ2v) is 2.69. The molecule has 0 aliphatic carbocycles. The van der Waals surface area contributed by atoms with E-state index < -0.39 is 0 Å². The third-order valence-corrected chi connectivity index (χ3v) is 1.64. The highest BCUT2D eigenvalue weighted by molar-refractivity contribution is 5.08. The number of methoxy groups -OCH3 is 1. The van der Waals surface area contributed by atoms with Crippen molar-refractivity contribution in [3.05, 3.63) is 24.3 Å². The largest absolute Gasteiger partial charge is 0.375 e. The van der Waals surface area contributed by atoms with E-state index in [4.69, 9.17) is 10.5 Å². The lowest BCUT2D eigenvalue weighted by atomic mass is 10.1. The van der Waals surface area contributed by atoms with Gasteiger partial charge < -0.3 is 10.5 Å². The van der Waals surface area contributed by atoms with Crippen LogP contribution >= 0.6 is 0 Å². The summed E-state index contributed by atoms with van der Waals surface area (Å²) in [6, 6.07) is -0.0546. The summed E-state index contributed by atoms with van der Waals surface area (Å²) < 4.78 is 5.19. The van der Waals surface area contributed by atoms with Gasteiger partial charge in [-0.25, -0.2) is 9.97 Å². The number of hydrogen-bond acceptors (Lipinski definition) is 4. The molecule has 0 amide bonds. The van der Waals surface area contributed by atoms with E-state index >= 15 is 0 Å². The van der Waals surface area contributed by atoms with E-state index in [1.54, 1.807) is 19.5 Å². The molecule has 2 unspecified atom stereocenters. The summed E-state index contributed by atoms with van der Waals surface area (Å²) in [5.74, 6) is 0. The molecular formula is C8H13N3O. The van der Waals surface area contributed by atoms with E-state index in [1.165, 1.54) is 6.33 Å². The topological polar surface area (TPSA) is 61.0 Å². The minimum atomic E-state index is -0.119. The molecule has 0 radical (unpaired) electrons. The average molecular weight is 167 g/mol. The highest BCUT2D eigenvalue weighted by Crippen LogP contribution is 2.16. The molecule has 4 nitrogen and oxygen atoms in total. The fourth-order valence-electron chi connectivity index (χ4n) is 1.11. The molecule has 1 heterocycles. The molecule has 12 heavy (non-hydrogen) atoms. The van der Waals surface area contributed by atoms with Crippen molar-refractivity contribution in [1.29, 1.82) is 0 Å². The van der Waals surface area contributed by atoms with Crippen LogP contribution < -0.4 is 5.73 Å². The van der Waals surface area contributed by atoms with E-state index in [0.717, 1.165) is 5.56 Å². The SMILES string of the molecule is COC(c1cncnc1)C(C)N. The van der Waals surface area contributed by atoms with E-state index in [0.29, 0.717) is 0 Å². The van der Waals surface area contributed by atoms with E-state index in [-0.39, 0.29) is 12.1 Å². The molecule has 0 saturated heterocycles. The van der Waals surface area contributed by atoms with Crippen molar-refractivity contribution in [2.24, 2.45) is 5.73 Å². The lowest BCUT2D eigenvalue weighted by molar-refractivity contribution is 0.0848. The Labute approximate surface area is 71.8 Å². The van der Waals surface area contributed by atoms with Gasteiger partial charge in [0.25, 0.3) is 0 Å². The van der Waals surface area contributed by atoms with Gasteiger partial charge >= 0.3 is 0 Å². The molecule has 0 aliphatic rings. The summed E-state index contributed by atoms with van der Waals surface area (Å²) >= 11 is 0. The van der Waals surface area contributed by atoms with Gasteiger partial charge in [0.15, 0.2) is 0 Å². The van der Waals surface area contributed by atoms with Crippen molar-refractivity contribution in [1.82, 2.24) is 9.97 Å². The fraction of sp³-hybridized carbons (Fsp3) is 0.500. The first-order chi connectivity index (χ1) is 5.75. The number of aromatic nitrogens is 2. The molecule has 0 spiro atoms. The van der Waals surface area contributed by atoms with Gasteiger partial charge in [-0.05, 0) is 6.92 Å². The number of nitrogens with two attached hydrogens (primary N) is 1. The van der Waals surface area contributed by atoms with Crippen LogP contribution in [0, 0.1) is 0 Å². The minimum Gasteiger partial charge on any atom is -0.375 e. The predicted molar refractivity (Wildman–Crippen MR) is 45.4 cm³/mol. The number of hydrogen-bond donors (Lipinski definition) is 1. The second-order valence-electron chi connectivity index (χ2n) is 2.69. The van der Waals surface area contributed by atoms with Crippen molar-refractivity contribution < 1.29 is 4.74 Å². The molecule has 0 fully saturated rings. The first-order valence-electron chi connectivity index (χ1n) is 3.79. The Morgan fingerprint density at radius 1 is 1.42 bits per heavy atom. The van der Waals surface area contributed by atoms with Gasteiger partial charge in [-0.1, -0.05) is 0 Å². The maximum absolute atomic E-state index is 5.70. The maximum Gasteiger partial charge on any atom is 0.115 e. The molecule has 66 valence electrons. The molecule has 4 heteroatoms. The normalized spacial score (nSPS) is 15.6. The van der Waals surface area contributed by atoms with Crippen molar-refractivity contribution in [2.75, 3.05) is 7.11 Å². The summed E-state index contributed by atoms with van der Waals surface area (Å²) in [4.78, 5) is 7.78. The summed E-state index contributed by atoms with van der Waals surface area (Å²) in [5.41, 5.74) is 6.61. The third kappa shape index (κ3) is 1.99. The summed E-state index contributed by atoms with van der Waals surface area (Å²) in [6.07, 6.45) is 4.79. The zero-order chi connectivity index (χ0) is 8.97. The van der Waals surface area contributed by atoms with Gasteiger partial charge in [-0.2, -0.15) is 0 Å². The van der Waals surface area contributed by atoms with Crippen LogP contribution in [0.2, 0.25) is 0 Å². The summed E-state index contributed by atoms with van der Waals surface area (Å²) in [7, 11) is 1.63. The van der Waals surface area contributed by atoms with Crippen LogP contribution in [0.4, 0.5) is 0 Å². The number of nitrogens with zero attached hydrogens (tertiary/aromatic N) is 2. The lowest BCUT2D eigenvalue weighted by Gasteiger charge is -2.18. The Hall–Kier alpha value is -1.00. The van der Waals surface area contributed by atoms with Crippen LogP contribution in [0.15, 0.2) is 18.7 Å². The van der Waals surface area contributed by atoms with Crippen molar-refractivity contribution >= 4 is 0 Å². The highest BCUT2D eigenvalue weighted by Gasteiger charge is 2.14. The van der Waals surface area contributed by atoms with Gasteiger partial charge in [-0.15, -0.1) is 0 Å². The molecule has 1 aromatic rings. The van der Waals surface area contributed by atoms with Gasteiger partial charge in [0.2, 0.25) is 0 Å². The zero-order valence-corrected chi connectivity index (χ0v) is 7.27. The molecular weight excluding hydrogens is 154 g/mol. The Morgan fingerprint density at radius 2 is 2.00 bits per heavy atom. The Balaban J connectivity index is 2.80. The van der Waals surface area contributed by atoms with Gasteiger partial charge in [0, 0.05) is 31.1 Å².